The topological polar surface area (TPSA) is 41.1 Å². The Morgan fingerprint density at radius 3 is 2.42 bits per heavy atom. The number of urea groups is 1. The highest BCUT2D eigenvalue weighted by atomic mass is 35.5. The summed E-state index contributed by atoms with van der Waals surface area (Å²) in [4.78, 5) is 11.7. The molecule has 3 nitrogen and oxygen atoms in total. The number of anilines is 2. The summed E-state index contributed by atoms with van der Waals surface area (Å²) in [5.74, 6) is -0.508. The SMILES string of the molecule is O=C(Nc1ccc(Cl)c(Cl)c1)Nc1ccccc1F. The third-order valence-electron chi connectivity index (χ3n) is 2.30. The molecule has 6 heteroatoms. The fourth-order valence-electron chi connectivity index (χ4n) is 1.42. The predicted octanol–water partition coefficient (Wildman–Crippen LogP) is 4.78. The van der Waals surface area contributed by atoms with Crippen LogP contribution in [0, 0.1) is 5.82 Å². The third kappa shape index (κ3) is 3.59. The van der Waals surface area contributed by atoms with E-state index in [1.165, 1.54) is 24.3 Å². The van der Waals surface area contributed by atoms with Gasteiger partial charge >= 0.3 is 6.03 Å². The molecule has 2 N–H and O–H groups in total. The highest BCUT2D eigenvalue weighted by Gasteiger charge is 2.07. The van der Waals surface area contributed by atoms with Gasteiger partial charge in [0, 0.05) is 5.69 Å². The van der Waals surface area contributed by atoms with Gasteiger partial charge in [-0.1, -0.05) is 35.3 Å². The average Bonchev–Trinajstić information content (AvgIpc) is 2.37. The van der Waals surface area contributed by atoms with Crippen LogP contribution < -0.4 is 10.6 Å². The number of hydrogen-bond acceptors (Lipinski definition) is 1. The van der Waals surface area contributed by atoms with E-state index in [1.54, 1.807) is 18.2 Å². The number of carbonyl (C=O) groups excluding carboxylic acids is 1. The van der Waals surface area contributed by atoms with Crippen LogP contribution in [-0.2, 0) is 0 Å². The predicted molar refractivity (Wildman–Crippen MR) is 75.5 cm³/mol. The molecule has 0 aromatic heterocycles. The van der Waals surface area contributed by atoms with Gasteiger partial charge in [-0.2, -0.15) is 0 Å². The van der Waals surface area contributed by atoms with Gasteiger partial charge in [0.1, 0.15) is 5.82 Å². The molecule has 0 aliphatic heterocycles. The third-order valence-corrected chi connectivity index (χ3v) is 3.04. The van der Waals surface area contributed by atoms with E-state index in [1.807, 2.05) is 0 Å². The van der Waals surface area contributed by atoms with Gasteiger partial charge in [-0.3, -0.25) is 0 Å². The van der Waals surface area contributed by atoms with E-state index in [0.29, 0.717) is 15.7 Å². The summed E-state index contributed by atoms with van der Waals surface area (Å²) < 4.78 is 13.3. The minimum absolute atomic E-state index is 0.0973. The molecule has 0 radical (unpaired) electrons. The molecule has 0 unspecified atom stereocenters. The summed E-state index contributed by atoms with van der Waals surface area (Å²) in [5, 5.41) is 5.63. The number of nitrogens with one attached hydrogen (secondary N) is 2. The smallest absolute Gasteiger partial charge is 0.308 e. The van der Waals surface area contributed by atoms with E-state index in [9.17, 15) is 9.18 Å². The Balaban J connectivity index is 2.05. The van der Waals surface area contributed by atoms with Crippen molar-refractivity contribution in [2.75, 3.05) is 10.6 Å². The Labute approximate surface area is 119 Å². The highest BCUT2D eigenvalue weighted by molar-refractivity contribution is 6.42. The number of hydrogen-bond donors (Lipinski definition) is 2. The lowest BCUT2D eigenvalue weighted by atomic mass is 10.3. The maximum Gasteiger partial charge on any atom is 0.323 e. The van der Waals surface area contributed by atoms with Crippen molar-refractivity contribution in [1.82, 2.24) is 0 Å². The normalized spacial score (nSPS) is 10.1. The summed E-state index contributed by atoms with van der Waals surface area (Å²) in [6.07, 6.45) is 0. The van der Waals surface area contributed by atoms with E-state index in [2.05, 4.69) is 10.6 Å². The van der Waals surface area contributed by atoms with Crippen LogP contribution in [0.15, 0.2) is 42.5 Å². The van der Waals surface area contributed by atoms with Gasteiger partial charge in [-0.15, -0.1) is 0 Å². The van der Waals surface area contributed by atoms with Crippen molar-refractivity contribution in [2.45, 2.75) is 0 Å². The summed E-state index contributed by atoms with van der Waals surface area (Å²) >= 11 is 11.6. The van der Waals surface area contributed by atoms with Crippen molar-refractivity contribution in [2.24, 2.45) is 0 Å². The molecule has 0 saturated heterocycles. The second-order valence-corrected chi connectivity index (χ2v) is 4.50. The molecule has 2 amide bonds. The lowest BCUT2D eigenvalue weighted by Gasteiger charge is -2.08. The number of benzene rings is 2. The molecule has 0 aliphatic rings. The van der Waals surface area contributed by atoms with E-state index < -0.39 is 11.8 Å². The minimum Gasteiger partial charge on any atom is -0.308 e. The molecule has 2 aromatic carbocycles. The van der Waals surface area contributed by atoms with E-state index in [0.717, 1.165) is 0 Å². The molecule has 2 rings (SSSR count). The van der Waals surface area contributed by atoms with Crippen LogP contribution >= 0.6 is 23.2 Å². The highest BCUT2D eigenvalue weighted by Crippen LogP contribution is 2.25. The molecular weight excluding hydrogens is 290 g/mol. The van der Waals surface area contributed by atoms with E-state index in [4.69, 9.17) is 23.2 Å². The van der Waals surface area contributed by atoms with Gasteiger partial charge in [-0.25, -0.2) is 9.18 Å². The first-order valence-electron chi connectivity index (χ1n) is 5.34. The van der Waals surface area contributed by atoms with Crippen molar-refractivity contribution in [3.8, 4) is 0 Å². The molecular formula is C13H9Cl2FN2O. The van der Waals surface area contributed by atoms with Crippen molar-refractivity contribution < 1.29 is 9.18 Å². The molecule has 0 saturated carbocycles. The Morgan fingerprint density at radius 2 is 1.74 bits per heavy atom. The van der Waals surface area contributed by atoms with Crippen LogP contribution in [0.5, 0.6) is 0 Å². The largest absolute Gasteiger partial charge is 0.323 e. The lowest BCUT2D eigenvalue weighted by molar-refractivity contribution is 0.262. The van der Waals surface area contributed by atoms with Gasteiger partial charge in [0.05, 0.1) is 15.7 Å². The molecule has 0 bridgehead atoms. The van der Waals surface area contributed by atoms with Crippen molar-refractivity contribution in [3.63, 3.8) is 0 Å². The zero-order valence-electron chi connectivity index (χ0n) is 9.58. The molecule has 0 aliphatic carbocycles. The monoisotopic (exact) mass is 298 g/mol. The maximum absolute atomic E-state index is 13.3. The van der Waals surface area contributed by atoms with Crippen LogP contribution in [0.2, 0.25) is 10.0 Å². The lowest BCUT2D eigenvalue weighted by Crippen LogP contribution is -2.20. The average molecular weight is 299 g/mol. The van der Waals surface area contributed by atoms with Crippen LogP contribution in [0.3, 0.4) is 0 Å². The van der Waals surface area contributed by atoms with Gasteiger partial charge < -0.3 is 10.6 Å². The van der Waals surface area contributed by atoms with Gasteiger partial charge in [0.2, 0.25) is 0 Å². The van der Waals surface area contributed by atoms with Crippen LogP contribution in [0.25, 0.3) is 0 Å². The first-order chi connectivity index (χ1) is 9.06. The number of amides is 2. The van der Waals surface area contributed by atoms with Crippen LogP contribution in [0.1, 0.15) is 0 Å². The zero-order chi connectivity index (χ0) is 13.8. The Hall–Kier alpha value is -1.78. The van der Waals surface area contributed by atoms with Crippen LogP contribution in [-0.4, -0.2) is 6.03 Å². The first-order valence-corrected chi connectivity index (χ1v) is 6.09. The quantitative estimate of drug-likeness (QED) is 0.823. The molecule has 0 atom stereocenters. The molecule has 98 valence electrons. The number of halogens is 3. The zero-order valence-corrected chi connectivity index (χ0v) is 11.1. The van der Waals surface area contributed by atoms with Gasteiger partial charge in [-0.05, 0) is 30.3 Å². The number of rotatable bonds is 2. The van der Waals surface area contributed by atoms with Crippen molar-refractivity contribution in [3.05, 3.63) is 58.3 Å². The molecule has 0 spiro atoms. The molecule has 0 heterocycles. The number of para-hydroxylation sites is 1. The fraction of sp³-hybridized carbons (Fsp3) is 0. The first kappa shape index (κ1) is 13.6. The molecule has 0 fully saturated rings. The summed E-state index contributed by atoms with van der Waals surface area (Å²) in [6, 6.07) is 9.97. The summed E-state index contributed by atoms with van der Waals surface area (Å²) in [5.41, 5.74) is 0.559. The number of carbonyl (C=O) groups is 1. The maximum atomic E-state index is 13.3. The fourth-order valence-corrected chi connectivity index (χ4v) is 1.72. The van der Waals surface area contributed by atoms with E-state index in [-0.39, 0.29) is 5.69 Å². The standard InChI is InChI=1S/C13H9Cl2FN2O/c14-9-6-5-8(7-10(9)15)17-13(19)18-12-4-2-1-3-11(12)16/h1-7H,(H2,17,18,19). The molecule has 2 aromatic rings. The minimum atomic E-state index is -0.566. The molecule has 19 heavy (non-hydrogen) atoms. The van der Waals surface area contributed by atoms with Gasteiger partial charge in [0.15, 0.2) is 0 Å². The second kappa shape index (κ2) is 5.91. The Kier molecular flexibility index (Phi) is 4.24. The second-order valence-electron chi connectivity index (χ2n) is 3.69. The van der Waals surface area contributed by atoms with Crippen molar-refractivity contribution >= 4 is 40.6 Å². The summed E-state index contributed by atoms with van der Waals surface area (Å²) in [7, 11) is 0. The van der Waals surface area contributed by atoms with E-state index >= 15 is 0 Å². The Morgan fingerprint density at radius 1 is 1.00 bits per heavy atom. The van der Waals surface area contributed by atoms with Crippen LogP contribution in [0.4, 0.5) is 20.6 Å². The summed E-state index contributed by atoms with van der Waals surface area (Å²) in [6.45, 7) is 0. The Bertz CT molecular complexity index is 619. The van der Waals surface area contributed by atoms with Gasteiger partial charge in [0.25, 0.3) is 0 Å². The van der Waals surface area contributed by atoms with Crippen molar-refractivity contribution in [1.29, 1.82) is 0 Å².